The van der Waals surface area contributed by atoms with E-state index in [0.29, 0.717) is 41.7 Å². The van der Waals surface area contributed by atoms with Crippen molar-refractivity contribution in [2.24, 2.45) is 45.5 Å². The lowest BCUT2D eigenvalue weighted by Crippen LogP contribution is -2.48. The smallest absolute Gasteiger partial charge is 0.150 e. The molecule has 1 saturated heterocycles. The normalized spacial score (nSPS) is 30.9. The molecule has 14 rings (SSSR count). The molecule has 0 spiro atoms. The van der Waals surface area contributed by atoms with Crippen LogP contribution in [0.15, 0.2) is 215 Å². The number of hydrogen-bond acceptors (Lipinski definition) is 5. The number of nitrogens with zero attached hydrogens (tertiary/aromatic N) is 4. The van der Waals surface area contributed by atoms with Crippen molar-refractivity contribution in [2.75, 3.05) is 4.90 Å². The topological polar surface area (TPSA) is 43.2 Å². The van der Waals surface area contributed by atoms with Gasteiger partial charge in [-0.2, -0.15) is 0 Å². The lowest BCUT2D eigenvalue weighted by molar-refractivity contribution is 0.0932. The third-order valence-corrected chi connectivity index (χ3v) is 16.4. The standard InChI is InChI=1S/C61H53N5/c1-2-19-40(20-3-1)59-62-60(49-30-14-22-38-17-4-7-23-42(38)49)64-61(63-59)50-31-15-29-46-45(50)28-16-34-52(46)65-54-33-13-11-27-51(54)56-55(65)37-41-21-6-9-25-44(41)58(56)66-53-32-12-10-26-47(53)48-36-35-39-18-5-8-24-43(39)57(48)66/h1-11,14-19,21-31,34-37,39-40,43,48,51,54,56-59H,12-13,20,32-33H2,(H,62,63,64). The number of benzene rings is 5. The predicted octanol–water partition coefficient (Wildman–Crippen LogP) is 12.9. The Kier molecular flexibility index (Phi) is 8.88. The van der Waals surface area contributed by atoms with Crippen LogP contribution in [0.2, 0.25) is 0 Å². The average molecular weight is 856 g/mol. The van der Waals surface area contributed by atoms with Gasteiger partial charge in [0.15, 0.2) is 6.17 Å². The summed E-state index contributed by atoms with van der Waals surface area (Å²) in [5.41, 5.74) is 11.0. The second kappa shape index (κ2) is 15.3. The summed E-state index contributed by atoms with van der Waals surface area (Å²) >= 11 is 0. The van der Waals surface area contributed by atoms with Gasteiger partial charge in [0.25, 0.3) is 0 Å². The van der Waals surface area contributed by atoms with Crippen molar-refractivity contribution in [3.8, 4) is 0 Å². The number of rotatable bonds is 5. The van der Waals surface area contributed by atoms with E-state index in [1.807, 2.05) is 0 Å². The van der Waals surface area contributed by atoms with E-state index in [2.05, 4.69) is 209 Å². The van der Waals surface area contributed by atoms with Gasteiger partial charge in [-0.05, 0) is 77.1 Å². The maximum absolute atomic E-state index is 5.48. The summed E-state index contributed by atoms with van der Waals surface area (Å²) in [5.74, 6) is 3.88. The van der Waals surface area contributed by atoms with Crippen LogP contribution in [0.1, 0.15) is 60.4 Å². The molecule has 1 fully saturated rings. The minimum atomic E-state index is -0.246. The molecule has 10 unspecified atom stereocenters. The van der Waals surface area contributed by atoms with Crippen LogP contribution in [-0.2, 0) is 0 Å². The van der Waals surface area contributed by atoms with Gasteiger partial charge >= 0.3 is 0 Å². The molecule has 1 N–H and O–H groups in total. The fourth-order valence-electron chi connectivity index (χ4n) is 13.6. The summed E-state index contributed by atoms with van der Waals surface area (Å²) in [6, 6.07) is 39.4. The van der Waals surface area contributed by atoms with Crippen LogP contribution in [0.25, 0.3) is 27.6 Å². The minimum Gasteiger partial charge on any atom is -0.362 e. The zero-order valence-electron chi connectivity index (χ0n) is 37.1. The van der Waals surface area contributed by atoms with Gasteiger partial charge in [0.05, 0.1) is 6.04 Å². The van der Waals surface area contributed by atoms with Gasteiger partial charge in [-0.1, -0.05) is 182 Å². The highest BCUT2D eigenvalue weighted by atomic mass is 15.3. The molecule has 3 heterocycles. The van der Waals surface area contributed by atoms with Crippen molar-refractivity contribution < 1.29 is 0 Å². The lowest BCUT2D eigenvalue weighted by atomic mass is 9.69. The van der Waals surface area contributed by atoms with Crippen LogP contribution in [0, 0.1) is 35.5 Å². The zero-order chi connectivity index (χ0) is 43.3. The third-order valence-electron chi connectivity index (χ3n) is 16.4. The molecule has 9 aliphatic rings. The highest BCUT2D eigenvalue weighted by Crippen LogP contribution is 2.61. The summed E-state index contributed by atoms with van der Waals surface area (Å²) < 4.78 is 0. The van der Waals surface area contributed by atoms with E-state index < -0.39 is 0 Å². The average Bonchev–Trinajstić information content (AvgIpc) is 3.90. The summed E-state index contributed by atoms with van der Waals surface area (Å²) in [5, 5.41) is 8.70. The summed E-state index contributed by atoms with van der Waals surface area (Å²) in [6.45, 7) is 0. The van der Waals surface area contributed by atoms with Crippen molar-refractivity contribution in [1.82, 2.24) is 10.2 Å². The Hall–Kier alpha value is -6.98. The van der Waals surface area contributed by atoms with Crippen LogP contribution in [0.4, 0.5) is 5.69 Å². The highest BCUT2D eigenvalue weighted by Gasteiger charge is 2.57. The molecule has 0 amide bonds. The SMILES string of the molecule is C1=CCC(C2N=C(c3cccc4ccccc34)NC(c3cccc4c(N5C6=Cc7ccccc7C(N7C8=C(C=CCC8)C8C=CC9C=CC=CC9C87)C6C6C=CCCC65)cccc34)=N2)C=C1. The minimum absolute atomic E-state index is 0.179. The molecule has 6 aliphatic carbocycles. The molecule has 10 atom stereocenters. The largest absolute Gasteiger partial charge is 0.362 e. The Morgan fingerprint density at radius 2 is 1.41 bits per heavy atom. The van der Waals surface area contributed by atoms with Crippen LogP contribution < -0.4 is 10.2 Å². The Balaban J connectivity index is 0.908. The van der Waals surface area contributed by atoms with Crippen molar-refractivity contribution in [2.45, 2.75) is 56.4 Å². The van der Waals surface area contributed by atoms with E-state index in [4.69, 9.17) is 9.98 Å². The van der Waals surface area contributed by atoms with Gasteiger partial charge < -0.3 is 15.1 Å². The fourth-order valence-corrected chi connectivity index (χ4v) is 13.6. The van der Waals surface area contributed by atoms with Gasteiger partial charge in [0.1, 0.15) is 11.7 Å². The van der Waals surface area contributed by atoms with Crippen LogP contribution in [-0.4, -0.2) is 34.8 Å². The van der Waals surface area contributed by atoms with E-state index in [-0.39, 0.29) is 18.1 Å². The maximum Gasteiger partial charge on any atom is 0.150 e. The first kappa shape index (κ1) is 38.3. The molecule has 0 radical (unpaired) electrons. The number of allylic oxidation sites excluding steroid dienone is 11. The molecule has 0 aromatic heterocycles. The predicted molar refractivity (Wildman–Crippen MR) is 272 cm³/mol. The number of aliphatic imine (C=N–C) groups is 2. The molecule has 322 valence electrons. The van der Waals surface area contributed by atoms with Crippen LogP contribution in [0.3, 0.4) is 0 Å². The van der Waals surface area contributed by atoms with Crippen molar-refractivity contribution in [1.29, 1.82) is 0 Å². The molecule has 5 heteroatoms. The molecular formula is C61H53N5. The highest BCUT2D eigenvalue weighted by molar-refractivity contribution is 6.23. The Morgan fingerprint density at radius 3 is 2.33 bits per heavy atom. The van der Waals surface area contributed by atoms with Gasteiger partial charge in [-0.3, -0.25) is 0 Å². The number of hydrogen-bond donors (Lipinski definition) is 1. The second-order valence-electron chi connectivity index (χ2n) is 19.7. The van der Waals surface area contributed by atoms with Crippen LogP contribution >= 0.6 is 0 Å². The van der Waals surface area contributed by atoms with Gasteiger partial charge in [0, 0.05) is 81.2 Å². The lowest BCUT2D eigenvalue weighted by Gasteiger charge is -2.49. The van der Waals surface area contributed by atoms with E-state index >= 15 is 0 Å². The van der Waals surface area contributed by atoms with Crippen molar-refractivity contribution in [3.05, 3.63) is 227 Å². The molecule has 0 bridgehead atoms. The summed E-state index contributed by atoms with van der Waals surface area (Å²) in [6.07, 6.45) is 41.1. The zero-order valence-corrected chi connectivity index (χ0v) is 37.1. The van der Waals surface area contributed by atoms with Gasteiger partial charge in [-0.15, -0.1) is 0 Å². The molecule has 66 heavy (non-hydrogen) atoms. The Labute approximate surface area is 387 Å². The van der Waals surface area contributed by atoms with Crippen molar-refractivity contribution in [3.63, 3.8) is 0 Å². The van der Waals surface area contributed by atoms with E-state index in [1.54, 1.807) is 11.3 Å². The molecule has 5 aromatic carbocycles. The van der Waals surface area contributed by atoms with E-state index in [0.717, 1.165) is 54.9 Å². The first-order valence-electron chi connectivity index (χ1n) is 24.5. The molecule has 3 aliphatic heterocycles. The van der Waals surface area contributed by atoms with Crippen LogP contribution in [0.5, 0.6) is 0 Å². The monoisotopic (exact) mass is 855 g/mol. The van der Waals surface area contributed by atoms with Gasteiger partial charge in [0.2, 0.25) is 0 Å². The fraction of sp³-hybridized carbons (Fsp3) is 0.246. The first-order chi connectivity index (χ1) is 32.8. The maximum atomic E-state index is 5.48. The van der Waals surface area contributed by atoms with E-state index in [1.165, 1.54) is 44.1 Å². The Morgan fingerprint density at radius 1 is 0.621 bits per heavy atom. The number of amidine groups is 2. The molecule has 5 aromatic rings. The molecule has 0 saturated carbocycles. The third kappa shape index (κ3) is 5.84. The summed E-state index contributed by atoms with van der Waals surface area (Å²) in [4.78, 5) is 16.7. The molecular weight excluding hydrogens is 803 g/mol. The van der Waals surface area contributed by atoms with E-state index in [9.17, 15) is 0 Å². The van der Waals surface area contributed by atoms with Gasteiger partial charge in [-0.25, -0.2) is 9.98 Å². The Bertz CT molecular complexity index is 3200. The van der Waals surface area contributed by atoms with Crippen molar-refractivity contribution >= 4 is 45.0 Å². The quantitative estimate of drug-likeness (QED) is 0.179. The number of anilines is 1. The first-order valence-corrected chi connectivity index (χ1v) is 24.5. The summed E-state index contributed by atoms with van der Waals surface area (Å²) in [7, 11) is 0. The number of fused-ring (bicyclic) bond motifs is 10. The second-order valence-corrected chi connectivity index (χ2v) is 19.7. The number of nitrogens with one attached hydrogen (secondary N) is 1. The molecule has 5 nitrogen and oxygen atoms in total.